The lowest BCUT2D eigenvalue weighted by molar-refractivity contribution is -0.149. The van der Waals surface area contributed by atoms with Gasteiger partial charge in [-0.25, -0.2) is 4.79 Å². The molecule has 1 atom stereocenters. The summed E-state index contributed by atoms with van der Waals surface area (Å²) in [4.78, 5) is 42.2. The largest absolute Gasteiger partial charge is 0.469 e. The maximum absolute atomic E-state index is 13.1. The quantitative estimate of drug-likeness (QED) is 0.449. The molecule has 9 heteroatoms. The molecule has 2 heterocycles. The number of methoxy groups -OCH3 is 1. The van der Waals surface area contributed by atoms with E-state index in [0.717, 1.165) is 28.8 Å². The number of piperidine rings is 1. The number of carbonyl (C=O) groups excluding carboxylic acids is 3. The molecule has 0 spiro atoms. The Kier molecular flexibility index (Phi) is 8.04. The summed E-state index contributed by atoms with van der Waals surface area (Å²) in [6.07, 6.45) is 2.59. The number of anilines is 2. The minimum atomic E-state index is -0.616. The summed E-state index contributed by atoms with van der Waals surface area (Å²) in [6.45, 7) is 3.59. The van der Waals surface area contributed by atoms with Crippen LogP contribution in [0.15, 0.2) is 36.4 Å². The van der Waals surface area contributed by atoms with Gasteiger partial charge >= 0.3 is 12.0 Å². The van der Waals surface area contributed by atoms with Crippen molar-refractivity contribution in [1.82, 2.24) is 9.80 Å². The van der Waals surface area contributed by atoms with E-state index in [2.05, 4.69) is 5.32 Å². The number of fused-ring (bicyclic) bond motifs is 1. The highest BCUT2D eigenvalue weighted by Gasteiger charge is 2.33. The SMILES string of the molecule is COC(=O)C(CC(=O)N1CCC(N2CCc3ccccc3NC2=O)CC1)Cc1cc(C)c(N)c(Cl)c1. The van der Waals surface area contributed by atoms with Crippen molar-refractivity contribution in [3.63, 3.8) is 0 Å². The number of para-hydroxylation sites is 1. The van der Waals surface area contributed by atoms with E-state index in [1.54, 1.807) is 11.0 Å². The molecule has 3 amide bonds. The van der Waals surface area contributed by atoms with Crippen LogP contribution in [0, 0.1) is 12.8 Å². The average molecular weight is 513 g/mol. The molecule has 1 saturated heterocycles. The van der Waals surface area contributed by atoms with Gasteiger partial charge in [-0.2, -0.15) is 0 Å². The number of nitrogens with two attached hydrogens (primary N) is 1. The van der Waals surface area contributed by atoms with Gasteiger partial charge in [-0.05, 0) is 61.4 Å². The van der Waals surface area contributed by atoms with Crippen molar-refractivity contribution in [2.24, 2.45) is 5.92 Å². The van der Waals surface area contributed by atoms with Crippen molar-refractivity contribution >= 4 is 40.9 Å². The molecule has 3 N–H and O–H groups in total. The molecule has 2 aliphatic heterocycles. The van der Waals surface area contributed by atoms with Crippen LogP contribution in [0.25, 0.3) is 0 Å². The number of hydrogen-bond donors (Lipinski definition) is 2. The molecule has 0 aromatic heterocycles. The number of rotatable bonds is 6. The van der Waals surface area contributed by atoms with Crippen LogP contribution in [0.3, 0.4) is 0 Å². The molecule has 8 nitrogen and oxygen atoms in total. The Labute approximate surface area is 216 Å². The summed E-state index contributed by atoms with van der Waals surface area (Å²) in [7, 11) is 1.33. The van der Waals surface area contributed by atoms with Crippen LogP contribution in [0.4, 0.5) is 16.2 Å². The fourth-order valence-corrected chi connectivity index (χ4v) is 5.43. The lowest BCUT2D eigenvalue weighted by Crippen LogP contribution is -2.50. The number of aryl methyl sites for hydroxylation is 1. The van der Waals surface area contributed by atoms with Crippen LogP contribution in [0.2, 0.25) is 5.02 Å². The topological polar surface area (TPSA) is 105 Å². The van der Waals surface area contributed by atoms with E-state index >= 15 is 0 Å². The van der Waals surface area contributed by atoms with Gasteiger partial charge in [0.25, 0.3) is 0 Å². The Morgan fingerprint density at radius 1 is 1.19 bits per heavy atom. The molecular weight excluding hydrogens is 480 g/mol. The predicted octanol–water partition coefficient (Wildman–Crippen LogP) is 4.03. The number of benzene rings is 2. The zero-order valence-corrected chi connectivity index (χ0v) is 21.5. The normalized spacial score (nSPS) is 17.1. The molecule has 192 valence electrons. The van der Waals surface area contributed by atoms with Gasteiger partial charge in [0.05, 0.1) is 23.7 Å². The highest BCUT2D eigenvalue weighted by atomic mass is 35.5. The summed E-state index contributed by atoms with van der Waals surface area (Å²) in [5.41, 5.74) is 10.1. The van der Waals surface area contributed by atoms with Crippen molar-refractivity contribution in [1.29, 1.82) is 0 Å². The molecule has 1 unspecified atom stereocenters. The first-order valence-electron chi connectivity index (χ1n) is 12.3. The van der Waals surface area contributed by atoms with Gasteiger partial charge in [0.2, 0.25) is 5.91 Å². The van der Waals surface area contributed by atoms with Crippen LogP contribution in [0.5, 0.6) is 0 Å². The van der Waals surface area contributed by atoms with Crippen molar-refractivity contribution in [2.45, 2.75) is 45.1 Å². The first kappa shape index (κ1) is 25.8. The van der Waals surface area contributed by atoms with E-state index in [1.807, 2.05) is 42.2 Å². The number of nitrogens with zero attached hydrogens (tertiary/aromatic N) is 2. The number of halogens is 1. The summed E-state index contributed by atoms with van der Waals surface area (Å²) >= 11 is 6.22. The molecule has 0 bridgehead atoms. The molecular formula is C27H33ClN4O4. The monoisotopic (exact) mass is 512 g/mol. The predicted molar refractivity (Wildman–Crippen MR) is 140 cm³/mol. The molecule has 36 heavy (non-hydrogen) atoms. The minimum Gasteiger partial charge on any atom is -0.469 e. The third-order valence-corrected chi connectivity index (χ3v) is 7.55. The van der Waals surface area contributed by atoms with Crippen molar-refractivity contribution in [3.05, 3.63) is 58.1 Å². The number of nitrogen functional groups attached to an aromatic ring is 1. The maximum atomic E-state index is 13.1. The van der Waals surface area contributed by atoms with Gasteiger partial charge < -0.3 is 25.6 Å². The van der Waals surface area contributed by atoms with E-state index in [1.165, 1.54) is 7.11 Å². The van der Waals surface area contributed by atoms with Crippen LogP contribution >= 0.6 is 11.6 Å². The zero-order valence-electron chi connectivity index (χ0n) is 20.8. The van der Waals surface area contributed by atoms with Crippen LogP contribution < -0.4 is 11.1 Å². The Bertz CT molecular complexity index is 1120. The standard InChI is InChI=1S/C27H33ClN4O4/c1-17-13-18(15-22(28)25(17)29)14-20(26(34)36-2)16-24(33)31-10-8-21(9-11-31)32-12-7-19-5-3-4-6-23(19)30-27(32)35/h3-6,13,15,20-21H,7-12,14,16,29H2,1-2H3,(H,30,35). The highest BCUT2D eigenvalue weighted by Crippen LogP contribution is 2.28. The minimum absolute atomic E-state index is 0.0535. The first-order valence-corrected chi connectivity index (χ1v) is 12.7. The molecule has 0 aliphatic carbocycles. The Morgan fingerprint density at radius 2 is 1.92 bits per heavy atom. The summed E-state index contributed by atoms with van der Waals surface area (Å²) < 4.78 is 4.99. The molecule has 0 saturated carbocycles. The smallest absolute Gasteiger partial charge is 0.322 e. The van der Waals surface area contributed by atoms with Crippen molar-refractivity contribution < 1.29 is 19.1 Å². The van der Waals surface area contributed by atoms with Gasteiger partial charge in [0.1, 0.15) is 0 Å². The van der Waals surface area contributed by atoms with Gasteiger partial charge in [-0.15, -0.1) is 0 Å². The number of esters is 1. The number of hydrogen-bond acceptors (Lipinski definition) is 5. The second-order valence-corrected chi connectivity index (χ2v) is 9.99. The lowest BCUT2D eigenvalue weighted by Gasteiger charge is -2.38. The summed E-state index contributed by atoms with van der Waals surface area (Å²) in [5, 5.41) is 3.45. The molecule has 2 aliphatic rings. The van der Waals surface area contributed by atoms with Crippen LogP contribution in [0.1, 0.15) is 36.0 Å². The van der Waals surface area contributed by atoms with E-state index in [0.29, 0.717) is 49.6 Å². The average Bonchev–Trinajstić information content (AvgIpc) is 3.04. The van der Waals surface area contributed by atoms with Gasteiger partial charge in [-0.1, -0.05) is 35.9 Å². The Balaban J connectivity index is 1.35. The summed E-state index contributed by atoms with van der Waals surface area (Å²) in [5.74, 6) is -1.13. The van der Waals surface area contributed by atoms with E-state index in [-0.39, 0.29) is 24.4 Å². The van der Waals surface area contributed by atoms with Crippen molar-refractivity contribution in [3.8, 4) is 0 Å². The van der Waals surface area contributed by atoms with Gasteiger partial charge in [0.15, 0.2) is 0 Å². The lowest BCUT2D eigenvalue weighted by atomic mass is 9.93. The van der Waals surface area contributed by atoms with Gasteiger partial charge in [-0.3, -0.25) is 9.59 Å². The van der Waals surface area contributed by atoms with Crippen LogP contribution in [-0.2, 0) is 27.2 Å². The molecule has 2 aromatic carbocycles. The fraction of sp³-hybridized carbons (Fsp3) is 0.444. The van der Waals surface area contributed by atoms with Gasteiger partial charge in [0, 0.05) is 37.8 Å². The Hall–Kier alpha value is -3.26. The third-order valence-electron chi connectivity index (χ3n) is 7.23. The van der Waals surface area contributed by atoms with E-state index in [4.69, 9.17) is 22.1 Å². The molecule has 0 radical (unpaired) electrons. The maximum Gasteiger partial charge on any atom is 0.322 e. The number of ether oxygens (including phenoxy) is 1. The molecule has 1 fully saturated rings. The zero-order chi connectivity index (χ0) is 25.8. The molecule has 4 rings (SSSR count). The third kappa shape index (κ3) is 5.75. The summed E-state index contributed by atoms with van der Waals surface area (Å²) in [6, 6.07) is 11.5. The number of nitrogens with one attached hydrogen (secondary N) is 1. The molecule has 2 aromatic rings. The second-order valence-electron chi connectivity index (χ2n) is 9.58. The second kappa shape index (κ2) is 11.2. The first-order chi connectivity index (χ1) is 17.3. The number of likely N-dealkylation sites (tertiary alicyclic amines) is 1. The number of carbonyl (C=O) groups is 3. The van der Waals surface area contributed by atoms with Crippen LogP contribution in [-0.4, -0.2) is 60.5 Å². The number of urea groups is 1. The number of amides is 3. The van der Waals surface area contributed by atoms with Crippen molar-refractivity contribution in [2.75, 3.05) is 37.8 Å². The highest BCUT2D eigenvalue weighted by molar-refractivity contribution is 6.33. The Morgan fingerprint density at radius 3 is 2.61 bits per heavy atom. The van der Waals surface area contributed by atoms with E-state index < -0.39 is 11.9 Å². The van der Waals surface area contributed by atoms with E-state index in [9.17, 15) is 14.4 Å². The fourth-order valence-electron chi connectivity index (χ4n) is 5.14.